The molecule has 9 heteroatoms. The number of halogens is 1. The standard InChI is InChI=1S/C17H22BrN5O3/c1-3-22(4-2)10-9-19-20-11-14-15(24)21-17(26)23(16(14)25)13-7-5-12(18)6-8-13/h5-8,11,19,25H,3-4,9-10H2,1-2H3,(H,21,24,26). The van der Waals surface area contributed by atoms with E-state index in [1.165, 1.54) is 6.21 Å². The number of H-pyrrole nitrogens is 1. The summed E-state index contributed by atoms with van der Waals surface area (Å²) in [6.45, 7) is 7.46. The van der Waals surface area contributed by atoms with Gasteiger partial charge in [-0.25, -0.2) is 9.36 Å². The molecule has 0 atom stereocenters. The highest BCUT2D eigenvalue weighted by molar-refractivity contribution is 9.10. The topological polar surface area (TPSA) is 103 Å². The minimum absolute atomic E-state index is 0.0946. The van der Waals surface area contributed by atoms with E-state index in [0.717, 1.165) is 28.7 Å². The molecular weight excluding hydrogens is 402 g/mol. The van der Waals surface area contributed by atoms with Gasteiger partial charge in [0.05, 0.1) is 11.9 Å². The van der Waals surface area contributed by atoms with Crippen LogP contribution in [0.25, 0.3) is 5.69 Å². The summed E-state index contributed by atoms with van der Waals surface area (Å²) in [5.74, 6) is -0.463. The molecule has 1 aromatic heterocycles. The first-order valence-electron chi connectivity index (χ1n) is 8.30. The van der Waals surface area contributed by atoms with Crippen LogP contribution < -0.4 is 16.7 Å². The van der Waals surface area contributed by atoms with E-state index in [9.17, 15) is 14.7 Å². The molecule has 8 nitrogen and oxygen atoms in total. The molecular formula is C17H22BrN5O3. The third-order valence-corrected chi connectivity index (χ3v) is 4.45. The first-order valence-corrected chi connectivity index (χ1v) is 9.09. The molecule has 0 fully saturated rings. The number of hydrogen-bond donors (Lipinski definition) is 3. The first-order chi connectivity index (χ1) is 12.5. The number of hydrogen-bond acceptors (Lipinski definition) is 6. The zero-order valence-corrected chi connectivity index (χ0v) is 16.3. The van der Waals surface area contributed by atoms with Gasteiger partial charge >= 0.3 is 5.69 Å². The molecule has 2 aromatic rings. The molecule has 0 aliphatic rings. The van der Waals surface area contributed by atoms with Gasteiger partial charge in [-0.2, -0.15) is 5.10 Å². The van der Waals surface area contributed by atoms with Crippen LogP contribution in [0.1, 0.15) is 19.4 Å². The number of aromatic nitrogens is 2. The van der Waals surface area contributed by atoms with Crippen molar-refractivity contribution in [2.45, 2.75) is 13.8 Å². The van der Waals surface area contributed by atoms with Crippen molar-refractivity contribution in [1.82, 2.24) is 19.9 Å². The van der Waals surface area contributed by atoms with Crippen LogP contribution in [0.4, 0.5) is 0 Å². The zero-order chi connectivity index (χ0) is 19.1. The molecule has 0 unspecified atom stereocenters. The molecule has 0 spiro atoms. The average molecular weight is 424 g/mol. The Labute approximate surface area is 159 Å². The van der Waals surface area contributed by atoms with E-state index < -0.39 is 17.1 Å². The molecule has 0 radical (unpaired) electrons. The van der Waals surface area contributed by atoms with Crippen molar-refractivity contribution >= 4 is 22.1 Å². The lowest BCUT2D eigenvalue weighted by molar-refractivity contribution is 0.303. The van der Waals surface area contributed by atoms with Crippen molar-refractivity contribution in [2.75, 3.05) is 26.2 Å². The number of nitrogens with one attached hydrogen (secondary N) is 2. The Kier molecular flexibility index (Phi) is 7.16. The molecule has 0 saturated carbocycles. The van der Waals surface area contributed by atoms with Crippen LogP contribution >= 0.6 is 15.9 Å². The molecule has 140 valence electrons. The number of likely N-dealkylation sites (N-methyl/N-ethyl adjacent to an activating group) is 1. The van der Waals surface area contributed by atoms with Gasteiger partial charge in [-0.1, -0.05) is 29.8 Å². The van der Waals surface area contributed by atoms with Crippen molar-refractivity contribution in [1.29, 1.82) is 0 Å². The molecule has 0 aliphatic heterocycles. The largest absolute Gasteiger partial charge is 0.493 e. The number of rotatable bonds is 8. The molecule has 0 bridgehead atoms. The molecule has 26 heavy (non-hydrogen) atoms. The number of hydrazone groups is 1. The molecule has 2 rings (SSSR count). The van der Waals surface area contributed by atoms with Gasteiger partial charge in [-0.15, -0.1) is 0 Å². The van der Waals surface area contributed by atoms with Crippen LogP contribution in [0, 0.1) is 0 Å². The second-order valence-corrected chi connectivity index (χ2v) is 6.42. The van der Waals surface area contributed by atoms with Crippen molar-refractivity contribution in [3.05, 3.63) is 55.1 Å². The Bertz CT molecular complexity index is 869. The van der Waals surface area contributed by atoms with Crippen LogP contribution in [0.2, 0.25) is 0 Å². The van der Waals surface area contributed by atoms with Gasteiger partial charge < -0.3 is 15.4 Å². The smallest absolute Gasteiger partial charge is 0.335 e. The van der Waals surface area contributed by atoms with Crippen molar-refractivity contribution in [3.8, 4) is 11.6 Å². The summed E-state index contributed by atoms with van der Waals surface area (Å²) in [6.07, 6.45) is 1.21. The Morgan fingerprint density at radius 1 is 1.27 bits per heavy atom. The van der Waals surface area contributed by atoms with Crippen LogP contribution in [0.5, 0.6) is 5.88 Å². The number of benzene rings is 1. The highest BCUT2D eigenvalue weighted by Crippen LogP contribution is 2.17. The van der Waals surface area contributed by atoms with Gasteiger partial charge in [0.1, 0.15) is 5.56 Å². The lowest BCUT2D eigenvalue weighted by Crippen LogP contribution is -2.32. The van der Waals surface area contributed by atoms with E-state index in [-0.39, 0.29) is 5.56 Å². The lowest BCUT2D eigenvalue weighted by atomic mass is 10.3. The van der Waals surface area contributed by atoms with Gasteiger partial charge in [0.2, 0.25) is 5.88 Å². The molecule has 3 N–H and O–H groups in total. The maximum Gasteiger partial charge on any atom is 0.335 e. The van der Waals surface area contributed by atoms with E-state index in [1.54, 1.807) is 24.3 Å². The fraction of sp³-hybridized carbons (Fsp3) is 0.353. The molecule has 1 aromatic carbocycles. The fourth-order valence-corrected chi connectivity index (χ4v) is 2.67. The Morgan fingerprint density at radius 2 is 1.92 bits per heavy atom. The zero-order valence-electron chi connectivity index (χ0n) is 14.7. The number of nitrogens with zero attached hydrogens (tertiary/aromatic N) is 3. The van der Waals surface area contributed by atoms with Gasteiger partial charge in [0.15, 0.2) is 0 Å². The highest BCUT2D eigenvalue weighted by atomic mass is 79.9. The summed E-state index contributed by atoms with van der Waals surface area (Å²) in [7, 11) is 0. The van der Waals surface area contributed by atoms with E-state index in [1.807, 2.05) is 0 Å². The van der Waals surface area contributed by atoms with Crippen LogP contribution in [-0.4, -0.2) is 52.0 Å². The second kappa shape index (κ2) is 9.35. The van der Waals surface area contributed by atoms with Gasteiger partial charge in [0, 0.05) is 17.6 Å². The SMILES string of the molecule is CCN(CC)CCNN=Cc1c(O)n(-c2ccc(Br)cc2)c(=O)[nH]c1=O. The predicted octanol–water partition coefficient (Wildman–Crippen LogP) is 1.26. The summed E-state index contributed by atoms with van der Waals surface area (Å²) in [4.78, 5) is 28.5. The third kappa shape index (κ3) is 4.83. The minimum atomic E-state index is -0.721. The maximum absolute atomic E-state index is 12.1. The highest BCUT2D eigenvalue weighted by Gasteiger charge is 2.14. The first kappa shape index (κ1) is 19.9. The molecule has 0 saturated heterocycles. The Balaban J connectivity index is 2.23. The van der Waals surface area contributed by atoms with Gasteiger partial charge in [-0.3, -0.25) is 9.78 Å². The normalized spacial score (nSPS) is 11.4. The van der Waals surface area contributed by atoms with Crippen molar-refractivity contribution < 1.29 is 5.11 Å². The Hall–Kier alpha value is -2.39. The molecule has 1 heterocycles. The minimum Gasteiger partial charge on any atom is -0.493 e. The van der Waals surface area contributed by atoms with E-state index in [2.05, 4.69) is 50.2 Å². The van der Waals surface area contributed by atoms with Gasteiger partial charge in [-0.05, 0) is 37.4 Å². The summed E-state index contributed by atoms with van der Waals surface area (Å²) in [5.41, 5.74) is 1.75. The molecule has 0 amide bonds. The van der Waals surface area contributed by atoms with Crippen molar-refractivity contribution in [2.24, 2.45) is 5.10 Å². The summed E-state index contributed by atoms with van der Waals surface area (Å²) >= 11 is 3.31. The second-order valence-electron chi connectivity index (χ2n) is 5.50. The average Bonchev–Trinajstić information content (AvgIpc) is 2.62. The van der Waals surface area contributed by atoms with Crippen LogP contribution in [0.15, 0.2) is 43.4 Å². The summed E-state index contributed by atoms with van der Waals surface area (Å²) in [6, 6.07) is 6.75. The van der Waals surface area contributed by atoms with Gasteiger partial charge in [0.25, 0.3) is 5.56 Å². The summed E-state index contributed by atoms with van der Waals surface area (Å²) < 4.78 is 1.85. The number of aromatic hydroxyl groups is 1. The third-order valence-electron chi connectivity index (χ3n) is 3.92. The van der Waals surface area contributed by atoms with Crippen molar-refractivity contribution in [3.63, 3.8) is 0 Å². The monoisotopic (exact) mass is 423 g/mol. The van der Waals surface area contributed by atoms with E-state index in [4.69, 9.17) is 0 Å². The van der Waals surface area contributed by atoms with E-state index >= 15 is 0 Å². The van der Waals surface area contributed by atoms with Crippen LogP contribution in [0.3, 0.4) is 0 Å². The number of aromatic amines is 1. The molecule has 0 aliphatic carbocycles. The van der Waals surface area contributed by atoms with Crippen LogP contribution in [-0.2, 0) is 0 Å². The maximum atomic E-state index is 12.1. The predicted molar refractivity (Wildman–Crippen MR) is 105 cm³/mol. The summed E-state index contributed by atoms with van der Waals surface area (Å²) in [5, 5.41) is 14.4. The Morgan fingerprint density at radius 3 is 2.54 bits per heavy atom. The quantitative estimate of drug-likeness (QED) is 0.337. The fourth-order valence-electron chi connectivity index (χ4n) is 2.41. The van der Waals surface area contributed by atoms with E-state index in [0.29, 0.717) is 12.2 Å². The lowest BCUT2D eigenvalue weighted by Gasteiger charge is -2.17.